The fourth-order valence-corrected chi connectivity index (χ4v) is 4.12. The number of hydrogen-bond donors (Lipinski definition) is 1. The average Bonchev–Trinajstić information content (AvgIpc) is 3.56. The highest BCUT2D eigenvalue weighted by Gasteiger charge is 2.35. The Morgan fingerprint density at radius 3 is 2.67 bits per heavy atom. The molecule has 8 nitrogen and oxygen atoms in total. The second-order valence-electron chi connectivity index (χ2n) is 8.00. The molecule has 4 aromatic rings. The highest BCUT2D eigenvalue weighted by atomic mass is 16.7. The molecular formula is C25H19N3O5. The van der Waals surface area contributed by atoms with E-state index in [0.29, 0.717) is 35.3 Å². The van der Waals surface area contributed by atoms with Crippen molar-refractivity contribution in [2.45, 2.75) is 6.42 Å². The molecule has 6 rings (SSSR count). The molecule has 0 bridgehead atoms. The summed E-state index contributed by atoms with van der Waals surface area (Å²) in [5, 5.41) is 2.91. The smallest absolute Gasteiger partial charge is 0.231 e. The van der Waals surface area contributed by atoms with Crippen molar-refractivity contribution >= 4 is 34.3 Å². The number of carbonyl (C=O) groups excluding carboxylic acids is 2. The molecule has 0 radical (unpaired) electrons. The first-order chi connectivity index (χ1) is 16.1. The molecule has 0 unspecified atom stereocenters. The third kappa shape index (κ3) is 3.55. The third-order valence-corrected chi connectivity index (χ3v) is 5.86. The van der Waals surface area contributed by atoms with Gasteiger partial charge in [-0.15, -0.1) is 0 Å². The van der Waals surface area contributed by atoms with Gasteiger partial charge in [0.2, 0.25) is 24.5 Å². The van der Waals surface area contributed by atoms with Gasteiger partial charge in [-0.1, -0.05) is 12.1 Å². The Hall–Kier alpha value is -4.33. The molecule has 1 fully saturated rings. The molecule has 0 saturated carbocycles. The maximum atomic E-state index is 12.8. The van der Waals surface area contributed by atoms with Gasteiger partial charge in [-0.3, -0.25) is 9.59 Å². The van der Waals surface area contributed by atoms with E-state index < -0.39 is 5.92 Å². The number of carbonyl (C=O) groups is 2. The number of nitrogens with one attached hydrogen (secondary N) is 1. The zero-order valence-corrected chi connectivity index (χ0v) is 17.5. The number of anilines is 2. The number of aromatic nitrogens is 1. The molecule has 0 spiro atoms. The number of fused-ring (bicyclic) bond motifs is 2. The lowest BCUT2D eigenvalue weighted by Crippen LogP contribution is -2.28. The number of para-hydroxylation sites is 2. The number of ether oxygens (including phenoxy) is 2. The first-order valence-corrected chi connectivity index (χ1v) is 10.6. The maximum absolute atomic E-state index is 12.8. The predicted octanol–water partition coefficient (Wildman–Crippen LogP) is 4.22. The van der Waals surface area contributed by atoms with Crippen LogP contribution in [0.5, 0.6) is 11.5 Å². The topological polar surface area (TPSA) is 93.9 Å². The summed E-state index contributed by atoms with van der Waals surface area (Å²) < 4.78 is 16.5. The lowest BCUT2D eigenvalue weighted by molar-refractivity contribution is -0.122. The van der Waals surface area contributed by atoms with Crippen molar-refractivity contribution < 1.29 is 23.5 Å². The Kier molecular flexibility index (Phi) is 4.50. The molecular weight excluding hydrogens is 422 g/mol. The van der Waals surface area contributed by atoms with Crippen LogP contribution in [-0.2, 0) is 9.59 Å². The Bertz CT molecular complexity index is 1350. The van der Waals surface area contributed by atoms with Gasteiger partial charge in [-0.25, -0.2) is 4.98 Å². The van der Waals surface area contributed by atoms with Crippen LogP contribution in [-0.4, -0.2) is 30.1 Å². The molecule has 0 aliphatic carbocycles. The first-order valence-electron chi connectivity index (χ1n) is 10.6. The summed E-state index contributed by atoms with van der Waals surface area (Å²) in [5.74, 6) is 1.05. The third-order valence-electron chi connectivity index (χ3n) is 5.86. The minimum absolute atomic E-state index is 0.0969. The second-order valence-corrected chi connectivity index (χ2v) is 8.00. The summed E-state index contributed by atoms with van der Waals surface area (Å²) in [6.07, 6.45) is 0.154. The van der Waals surface area contributed by atoms with E-state index in [1.165, 1.54) is 0 Å². The van der Waals surface area contributed by atoms with Crippen LogP contribution in [0.3, 0.4) is 0 Å². The quantitative estimate of drug-likeness (QED) is 0.510. The predicted molar refractivity (Wildman–Crippen MR) is 121 cm³/mol. The Balaban J connectivity index is 1.13. The van der Waals surface area contributed by atoms with E-state index in [-0.39, 0.29) is 25.0 Å². The molecule has 1 atom stereocenters. The normalized spacial score (nSPS) is 17.0. The number of rotatable bonds is 4. The standard InChI is InChI=1S/C25H19N3O5/c29-23-11-16(13-28(23)18-9-10-21-22(12-18)32-14-31-21)24(30)26-17-7-5-15(6-8-17)25-27-19-3-1-2-4-20(19)33-25/h1-10,12,16H,11,13-14H2,(H,26,30)/t16-/m0/s1. The zero-order chi connectivity index (χ0) is 22.4. The lowest BCUT2D eigenvalue weighted by atomic mass is 10.1. The van der Waals surface area contributed by atoms with Gasteiger partial charge in [0.25, 0.3) is 0 Å². The van der Waals surface area contributed by atoms with Crippen LogP contribution >= 0.6 is 0 Å². The molecule has 3 heterocycles. The summed E-state index contributed by atoms with van der Waals surface area (Å²) in [7, 11) is 0. The van der Waals surface area contributed by atoms with Crippen molar-refractivity contribution in [3.63, 3.8) is 0 Å². The van der Waals surface area contributed by atoms with Crippen LogP contribution in [0.4, 0.5) is 11.4 Å². The van der Waals surface area contributed by atoms with Crippen molar-refractivity contribution in [2.24, 2.45) is 5.92 Å². The molecule has 3 aromatic carbocycles. The van der Waals surface area contributed by atoms with Gasteiger partial charge >= 0.3 is 0 Å². The zero-order valence-electron chi connectivity index (χ0n) is 17.5. The molecule has 1 aromatic heterocycles. The molecule has 164 valence electrons. The lowest BCUT2D eigenvalue weighted by Gasteiger charge is -2.17. The molecule has 1 N–H and O–H groups in total. The highest BCUT2D eigenvalue weighted by Crippen LogP contribution is 2.37. The number of nitrogens with zero attached hydrogens (tertiary/aromatic N) is 2. The van der Waals surface area contributed by atoms with Gasteiger partial charge in [0.1, 0.15) is 5.52 Å². The van der Waals surface area contributed by atoms with Gasteiger partial charge < -0.3 is 24.1 Å². The van der Waals surface area contributed by atoms with E-state index in [2.05, 4.69) is 10.3 Å². The molecule has 2 aliphatic rings. The Labute approximate surface area is 188 Å². The minimum atomic E-state index is -0.445. The van der Waals surface area contributed by atoms with Crippen molar-refractivity contribution in [3.05, 3.63) is 66.7 Å². The van der Waals surface area contributed by atoms with E-state index in [1.54, 1.807) is 35.2 Å². The molecule has 8 heteroatoms. The summed E-state index contributed by atoms with van der Waals surface area (Å²) in [4.78, 5) is 31.5. The largest absolute Gasteiger partial charge is 0.454 e. The van der Waals surface area contributed by atoms with Crippen molar-refractivity contribution in [1.82, 2.24) is 4.98 Å². The van der Waals surface area contributed by atoms with Crippen LogP contribution in [0.25, 0.3) is 22.6 Å². The van der Waals surface area contributed by atoms with E-state index >= 15 is 0 Å². The molecule has 1 saturated heterocycles. The van der Waals surface area contributed by atoms with E-state index in [1.807, 2.05) is 36.4 Å². The fraction of sp³-hybridized carbons (Fsp3) is 0.160. The average molecular weight is 441 g/mol. The number of benzene rings is 3. The monoisotopic (exact) mass is 441 g/mol. The first kappa shape index (κ1) is 19.4. The van der Waals surface area contributed by atoms with Crippen LogP contribution in [0.2, 0.25) is 0 Å². The van der Waals surface area contributed by atoms with Gasteiger partial charge in [0.15, 0.2) is 17.1 Å². The van der Waals surface area contributed by atoms with Gasteiger partial charge in [-0.2, -0.15) is 0 Å². The van der Waals surface area contributed by atoms with Crippen LogP contribution in [0, 0.1) is 5.92 Å². The molecule has 2 aliphatic heterocycles. The maximum Gasteiger partial charge on any atom is 0.231 e. The Morgan fingerprint density at radius 1 is 1.00 bits per heavy atom. The van der Waals surface area contributed by atoms with Crippen LogP contribution in [0.1, 0.15) is 6.42 Å². The highest BCUT2D eigenvalue weighted by molar-refractivity contribution is 6.03. The van der Waals surface area contributed by atoms with Crippen molar-refractivity contribution in [3.8, 4) is 23.0 Å². The second kappa shape index (κ2) is 7.67. The molecule has 33 heavy (non-hydrogen) atoms. The SMILES string of the molecule is O=C(Nc1ccc(-c2nc3ccccc3o2)cc1)[C@H]1CC(=O)N(c2ccc3c(c2)OCO3)C1. The minimum Gasteiger partial charge on any atom is -0.454 e. The number of oxazole rings is 1. The van der Waals surface area contributed by atoms with E-state index in [0.717, 1.165) is 16.7 Å². The van der Waals surface area contributed by atoms with Crippen molar-refractivity contribution in [1.29, 1.82) is 0 Å². The summed E-state index contributed by atoms with van der Waals surface area (Å²) in [6, 6.07) is 20.2. The summed E-state index contributed by atoms with van der Waals surface area (Å²) in [5.41, 5.74) is 3.68. The fourth-order valence-electron chi connectivity index (χ4n) is 4.12. The Morgan fingerprint density at radius 2 is 1.82 bits per heavy atom. The van der Waals surface area contributed by atoms with Crippen LogP contribution in [0.15, 0.2) is 71.1 Å². The van der Waals surface area contributed by atoms with Crippen molar-refractivity contribution in [2.75, 3.05) is 23.6 Å². The summed E-state index contributed by atoms with van der Waals surface area (Å²) >= 11 is 0. The molecule has 2 amide bonds. The van der Waals surface area contributed by atoms with E-state index in [9.17, 15) is 9.59 Å². The van der Waals surface area contributed by atoms with Gasteiger partial charge in [-0.05, 0) is 48.5 Å². The summed E-state index contributed by atoms with van der Waals surface area (Å²) in [6.45, 7) is 0.480. The number of amides is 2. The van der Waals surface area contributed by atoms with E-state index in [4.69, 9.17) is 13.9 Å². The van der Waals surface area contributed by atoms with Gasteiger partial charge in [0.05, 0.1) is 5.92 Å². The van der Waals surface area contributed by atoms with Gasteiger partial charge in [0, 0.05) is 36.0 Å². The number of hydrogen-bond acceptors (Lipinski definition) is 6. The van der Waals surface area contributed by atoms with Crippen LogP contribution < -0.4 is 19.7 Å².